The van der Waals surface area contributed by atoms with Crippen LogP contribution in [0.2, 0.25) is 0 Å². The van der Waals surface area contributed by atoms with E-state index in [-0.39, 0.29) is 6.61 Å². The number of alkyl halides is 3. The van der Waals surface area contributed by atoms with Gasteiger partial charge in [0.05, 0.1) is 12.2 Å². The maximum Gasteiger partial charge on any atom is 0.416 e. The van der Waals surface area contributed by atoms with Crippen molar-refractivity contribution in [3.05, 3.63) is 48.0 Å². The molecule has 0 aliphatic rings. The number of rotatable bonds is 3. The molecule has 0 aromatic heterocycles. The zero-order valence-corrected chi connectivity index (χ0v) is 9.05. The Kier molecular flexibility index (Phi) is 4.80. The van der Waals surface area contributed by atoms with E-state index in [1.807, 2.05) is 0 Å². The van der Waals surface area contributed by atoms with Crippen molar-refractivity contribution >= 4 is 0 Å². The topological polar surface area (TPSA) is 9.23 Å². The highest BCUT2D eigenvalue weighted by Crippen LogP contribution is 2.28. The lowest BCUT2D eigenvalue weighted by Crippen LogP contribution is -2.04. The Labute approximate surface area is 97.9 Å². The zero-order chi connectivity index (χ0) is 12.7. The smallest absolute Gasteiger partial charge is 0.365 e. The molecule has 1 nitrogen and oxygen atoms in total. The monoisotopic (exact) mass is 240 g/mol. The highest BCUT2D eigenvalue weighted by Gasteiger charge is 2.29. The largest absolute Gasteiger partial charge is 0.416 e. The van der Waals surface area contributed by atoms with Crippen LogP contribution in [0.5, 0.6) is 0 Å². The van der Waals surface area contributed by atoms with Crippen LogP contribution in [-0.4, -0.2) is 13.2 Å². The quantitative estimate of drug-likeness (QED) is 0.447. The van der Waals surface area contributed by atoms with Gasteiger partial charge in [-0.1, -0.05) is 17.9 Å². The molecule has 0 aliphatic carbocycles. The summed E-state index contributed by atoms with van der Waals surface area (Å²) in [6, 6.07) is 4.69. The van der Waals surface area contributed by atoms with Gasteiger partial charge in [-0.15, -0.1) is 6.58 Å². The molecule has 17 heavy (non-hydrogen) atoms. The molecule has 0 radical (unpaired) electrons. The summed E-state index contributed by atoms with van der Waals surface area (Å²) in [7, 11) is 0. The first-order chi connectivity index (χ1) is 8.04. The number of hydrogen-bond donors (Lipinski definition) is 0. The van der Waals surface area contributed by atoms with Crippen LogP contribution < -0.4 is 0 Å². The molecule has 4 heteroatoms. The Bertz CT molecular complexity index is 421. The predicted molar refractivity (Wildman–Crippen MR) is 59.3 cm³/mol. The van der Waals surface area contributed by atoms with E-state index in [1.165, 1.54) is 12.1 Å². The van der Waals surface area contributed by atoms with E-state index in [0.29, 0.717) is 12.2 Å². The van der Waals surface area contributed by atoms with E-state index in [2.05, 4.69) is 18.4 Å². The Balaban J connectivity index is 2.59. The minimum absolute atomic E-state index is 0.229. The molecular weight excluding hydrogens is 229 g/mol. The molecule has 0 bridgehead atoms. The molecule has 0 aliphatic heterocycles. The van der Waals surface area contributed by atoms with Gasteiger partial charge in [-0.25, -0.2) is 0 Å². The van der Waals surface area contributed by atoms with Crippen LogP contribution in [0.25, 0.3) is 0 Å². The van der Waals surface area contributed by atoms with Gasteiger partial charge in [0.15, 0.2) is 0 Å². The Morgan fingerprint density at radius 2 is 1.88 bits per heavy atom. The summed E-state index contributed by atoms with van der Waals surface area (Å²) in [6.45, 7) is 4.10. The van der Waals surface area contributed by atoms with E-state index in [9.17, 15) is 13.2 Å². The molecule has 0 amide bonds. The fourth-order valence-electron chi connectivity index (χ4n) is 1.07. The van der Waals surface area contributed by atoms with Gasteiger partial charge in [0, 0.05) is 5.56 Å². The molecule has 0 atom stereocenters. The predicted octanol–water partition coefficient (Wildman–Crippen LogP) is 3.26. The first kappa shape index (κ1) is 13.3. The number of hydrogen-bond acceptors (Lipinski definition) is 1. The highest BCUT2D eigenvalue weighted by atomic mass is 19.4. The van der Waals surface area contributed by atoms with Crippen LogP contribution in [0.3, 0.4) is 0 Å². The lowest BCUT2D eigenvalue weighted by molar-refractivity contribution is -0.137. The van der Waals surface area contributed by atoms with Crippen LogP contribution in [-0.2, 0) is 10.9 Å². The fraction of sp³-hybridized carbons (Fsp3) is 0.231. The molecule has 1 rings (SSSR count). The van der Waals surface area contributed by atoms with E-state index >= 15 is 0 Å². The zero-order valence-electron chi connectivity index (χ0n) is 9.05. The number of halogens is 3. The summed E-state index contributed by atoms with van der Waals surface area (Å²) in [6.07, 6.45) is -2.71. The Morgan fingerprint density at radius 3 is 2.41 bits per heavy atom. The fourth-order valence-corrected chi connectivity index (χ4v) is 1.07. The van der Waals surface area contributed by atoms with Crippen LogP contribution >= 0.6 is 0 Å². The Morgan fingerprint density at radius 1 is 1.24 bits per heavy atom. The molecule has 0 saturated heterocycles. The molecular formula is C13H11F3O. The van der Waals surface area contributed by atoms with Gasteiger partial charge in [-0.3, -0.25) is 0 Å². The SMILES string of the molecule is C=CCOCC#Cc1ccc(C(F)(F)F)cc1. The van der Waals surface area contributed by atoms with Crippen molar-refractivity contribution in [3.8, 4) is 11.8 Å². The van der Waals surface area contributed by atoms with Gasteiger partial charge in [-0.05, 0) is 24.3 Å². The van der Waals surface area contributed by atoms with Gasteiger partial charge >= 0.3 is 6.18 Å². The third-order valence-electron chi connectivity index (χ3n) is 1.85. The summed E-state index contributed by atoms with van der Waals surface area (Å²) in [4.78, 5) is 0. The average molecular weight is 240 g/mol. The Hall–Kier alpha value is -1.73. The maximum atomic E-state index is 12.2. The first-order valence-corrected chi connectivity index (χ1v) is 4.89. The lowest BCUT2D eigenvalue weighted by atomic mass is 10.1. The normalized spacial score (nSPS) is 10.5. The molecule has 0 heterocycles. The van der Waals surface area contributed by atoms with Crippen molar-refractivity contribution < 1.29 is 17.9 Å². The molecule has 0 fully saturated rings. The first-order valence-electron chi connectivity index (χ1n) is 4.89. The van der Waals surface area contributed by atoms with Crippen LogP contribution in [0, 0.1) is 11.8 Å². The minimum atomic E-state index is -4.31. The van der Waals surface area contributed by atoms with Gasteiger partial charge in [0.2, 0.25) is 0 Å². The number of benzene rings is 1. The molecule has 1 aromatic rings. The molecule has 0 unspecified atom stereocenters. The summed E-state index contributed by atoms with van der Waals surface area (Å²) < 4.78 is 41.7. The van der Waals surface area contributed by atoms with Crippen LogP contribution in [0.1, 0.15) is 11.1 Å². The summed E-state index contributed by atoms with van der Waals surface area (Å²) in [5.74, 6) is 5.40. The summed E-state index contributed by atoms with van der Waals surface area (Å²) in [5, 5.41) is 0. The second-order valence-corrected chi connectivity index (χ2v) is 3.18. The number of ether oxygens (including phenoxy) is 1. The van der Waals surface area contributed by atoms with Crippen molar-refractivity contribution in [1.82, 2.24) is 0 Å². The lowest BCUT2D eigenvalue weighted by Gasteiger charge is -2.05. The summed E-state index contributed by atoms with van der Waals surface area (Å²) in [5.41, 5.74) is -0.147. The second kappa shape index (κ2) is 6.12. The third kappa shape index (κ3) is 4.75. The second-order valence-electron chi connectivity index (χ2n) is 3.18. The maximum absolute atomic E-state index is 12.2. The minimum Gasteiger partial charge on any atom is -0.365 e. The van der Waals surface area contributed by atoms with Crippen molar-refractivity contribution in [1.29, 1.82) is 0 Å². The molecule has 0 saturated carbocycles. The van der Waals surface area contributed by atoms with Gasteiger partial charge in [-0.2, -0.15) is 13.2 Å². The van der Waals surface area contributed by atoms with Crippen molar-refractivity contribution in [2.24, 2.45) is 0 Å². The molecule has 0 N–H and O–H groups in total. The molecule has 90 valence electrons. The standard InChI is InChI=1S/C13H11F3O/c1-2-9-17-10-3-4-11-5-7-12(8-6-11)13(14,15)16/h2,5-8H,1,9-10H2. The third-order valence-corrected chi connectivity index (χ3v) is 1.85. The van der Waals surface area contributed by atoms with Crippen molar-refractivity contribution in [3.63, 3.8) is 0 Å². The van der Waals surface area contributed by atoms with E-state index in [0.717, 1.165) is 12.1 Å². The van der Waals surface area contributed by atoms with Gasteiger partial charge < -0.3 is 4.74 Å². The highest BCUT2D eigenvalue weighted by molar-refractivity contribution is 5.36. The van der Waals surface area contributed by atoms with Crippen LogP contribution in [0.4, 0.5) is 13.2 Å². The van der Waals surface area contributed by atoms with E-state index < -0.39 is 11.7 Å². The molecule has 1 aromatic carbocycles. The van der Waals surface area contributed by atoms with Gasteiger partial charge in [0.25, 0.3) is 0 Å². The van der Waals surface area contributed by atoms with Crippen LogP contribution in [0.15, 0.2) is 36.9 Å². The van der Waals surface area contributed by atoms with Gasteiger partial charge in [0.1, 0.15) is 6.61 Å². The van der Waals surface area contributed by atoms with E-state index in [4.69, 9.17) is 4.74 Å². The van der Waals surface area contributed by atoms with Crippen molar-refractivity contribution in [2.45, 2.75) is 6.18 Å². The van der Waals surface area contributed by atoms with Crippen molar-refractivity contribution in [2.75, 3.05) is 13.2 Å². The molecule has 0 spiro atoms. The van der Waals surface area contributed by atoms with E-state index in [1.54, 1.807) is 6.08 Å². The summed E-state index contributed by atoms with van der Waals surface area (Å²) >= 11 is 0. The average Bonchev–Trinajstić information content (AvgIpc) is 2.28.